The Hall–Kier alpha value is -0.940. The Morgan fingerprint density at radius 2 is 2.22 bits per heavy atom. The molecule has 18 heavy (non-hydrogen) atoms. The van der Waals surface area contributed by atoms with Crippen LogP contribution in [0.15, 0.2) is 16.6 Å². The largest absolute Gasteiger partial charge is 0.330 e. The Labute approximate surface area is 115 Å². The Morgan fingerprint density at radius 3 is 2.83 bits per heavy atom. The number of nitrogens with one attached hydrogen (secondary N) is 1. The quantitative estimate of drug-likeness (QED) is 0.876. The van der Waals surface area contributed by atoms with Gasteiger partial charge in [-0.05, 0) is 59.4 Å². The fourth-order valence-corrected chi connectivity index (χ4v) is 1.83. The van der Waals surface area contributed by atoms with Gasteiger partial charge in [-0.3, -0.25) is 4.79 Å². The molecule has 1 atom stereocenters. The summed E-state index contributed by atoms with van der Waals surface area (Å²) >= 11 is 3.10. The van der Waals surface area contributed by atoms with E-state index in [0.717, 1.165) is 6.42 Å². The Kier molecular flexibility index (Phi) is 5.75. The summed E-state index contributed by atoms with van der Waals surface area (Å²) < 4.78 is 13.6. The fraction of sp³-hybridized carbons (Fsp3) is 0.462. The molecule has 1 unspecified atom stereocenters. The van der Waals surface area contributed by atoms with Crippen molar-refractivity contribution in [1.82, 2.24) is 0 Å². The molecule has 0 bridgehead atoms. The molecule has 1 amide bonds. The summed E-state index contributed by atoms with van der Waals surface area (Å²) in [7, 11) is 0. The summed E-state index contributed by atoms with van der Waals surface area (Å²) in [5.74, 6) is -0.0732. The van der Waals surface area contributed by atoms with Gasteiger partial charge in [0, 0.05) is 12.1 Å². The number of rotatable bonds is 5. The number of benzene rings is 1. The van der Waals surface area contributed by atoms with E-state index in [1.54, 1.807) is 13.0 Å². The first-order chi connectivity index (χ1) is 8.43. The molecule has 1 aromatic rings. The summed E-state index contributed by atoms with van der Waals surface area (Å²) in [5.41, 5.74) is 6.83. The van der Waals surface area contributed by atoms with Crippen LogP contribution in [0.3, 0.4) is 0 Å². The lowest BCUT2D eigenvalue weighted by Gasteiger charge is -2.11. The van der Waals surface area contributed by atoms with Gasteiger partial charge in [0.15, 0.2) is 0 Å². The second-order valence-electron chi connectivity index (χ2n) is 4.51. The molecule has 0 aliphatic carbocycles. The standard InChI is InChI=1S/C13H18BrFN2O/c1-8(7-16)3-4-13(18)17-12-6-10(14)11(15)5-9(12)2/h5-6,8H,3-4,7,16H2,1-2H3,(H,17,18). The van der Waals surface area contributed by atoms with E-state index >= 15 is 0 Å². The third kappa shape index (κ3) is 4.38. The predicted octanol–water partition coefficient (Wildman–Crippen LogP) is 3.21. The van der Waals surface area contributed by atoms with Gasteiger partial charge in [0.25, 0.3) is 0 Å². The smallest absolute Gasteiger partial charge is 0.224 e. The van der Waals surface area contributed by atoms with E-state index in [1.807, 2.05) is 6.92 Å². The van der Waals surface area contributed by atoms with Crippen LogP contribution in [0.4, 0.5) is 10.1 Å². The molecular formula is C13H18BrFN2O. The molecule has 5 heteroatoms. The number of hydrogen-bond donors (Lipinski definition) is 2. The first kappa shape index (κ1) is 15.1. The molecule has 1 rings (SSSR count). The minimum absolute atomic E-state index is 0.0723. The fourth-order valence-electron chi connectivity index (χ4n) is 1.49. The molecule has 3 nitrogen and oxygen atoms in total. The molecule has 0 aliphatic rings. The van der Waals surface area contributed by atoms with Gasteiger partial charge in [-0.2, -0.15) is 0 Å². The molecule has 0 radical (unpaired) electrons. The molecule has 0 saturated carbocycles. The second kappa shape index (κ2) is 6.85. The topological polar surface area (TPSA) is 55.1 Å². The molecule has 1 aromatic carbocycles. The van der Waals surface area contributed by atoms with Crippen LogP contribution in [0.25, 0.3) is 0 Å². The van der Waals surface area contributed by atoms with Gasteiger partial charge in [-0.1, -0.05) is 6.92 Å². The Bertz CT molecular complexity index is 437. The third-order valence-electron chi connectivity index (χ3n) is 2.81. The van der Waals surface area contributed by atoms with Crippen molar-refractivity contribution in [3.63, 3.8) is 0 Å². The van der Waals surface area contributed by atoms with Gasteiger partial charge in [0.2, 0.25) is 5.91 Å². The molecule has 3 N–H and O–H groups in total. The highest BCUT2D eigenvalue weighted by Gasteiger charge is 2.09. The lowest BCUT2D eigenvalue weighted by Crippen LogP contribution is -2.16. The van der Waals surface area contributed by atoms with Gasteiger partial charge in [-0.15, -0.1) is 0 Å². The lowest BCUT2D eigenvalue weighted by molar-refractivity contribution is -0.116. The number of halogens is 2. The molecule has 0 aromatic heterocycles. The van der Waals surface area contributed by atoms with Crippen molar-refractivity contribution in [3.8, 4) is 0 Å². The van der Waals surface area contributed by atoms with Crippen molar-refractivity contribution < 1.29 is 9.18 Å². The van der Waals surface area contributed by atoms with Crippen LogP contribution in [0, 0.1) is 18.7 Å². The highest BCUT2D eigenvalue weighted by molar-refractivity contribution is 9.10. The van der Waals surface area contributed by atoms with Crippen molar-refractivity contribution in [2.24, 2.45) is 11.7 Å². The lowest BCUT2D eigenvalue weighted by atomic mass is 10.1. The average molecular weight is 317 g/mol. The number of hydrogen-bond acceptors (Lipinski definition) is 2. The van der Waals surface area contributed by atoms with E-state index < -0.39 is 0 Å². The minimum atomic E-state index is -0.331. The minimum Gasteiger partial charge on any atom is -0.330 e. The highest BCUT2D eigenvalue weighted by atomic mass is 79.9. The summed E-state index contributed by atoms with van der Waals surface area (Å²) in [4.78, 5) is 11.7. The van der Waals surface area contributed by atoms with Crippen LogP contribution < -0.4 is 11.1 Å². The first-order valence-electron chi connectivity index (χ1n) is 5.89. The second-order valence-corrected chi connectivity index (χ2v) is 5.36. The number of anilines is 1. The van der Waals surface area contributed by atoms with Crippen LogP contribution in [-0.4, -0.2) is 12.5 Å². The van der Waals surface area contributed by atoms with Crippen LogP contribution in [-0.2, 0) is 4.79 Å². The number of carbonyl (C=O) groups excluding carboxylic acids is 1. The molecule has 0 aliphatic heterocycles. The third-order valence-corrected chi connectivity index (χ3v) is 3.42. The number of carbonyl (C=O) groups is 1. The maximum atomic E-state index is 13.2. The monoisotopic (exact) mass is 316 g/mol. The van der Waals surface area contributed by atoms with Gasteiger partial charge in [0.05, 0.1) is 4.47 Å². The van der Waals surface area contributed by atoms with Crippen molar-refractivity contribution in [2.45, 2.75) is 26.7 Å². The molecule has 100 valence electrons. The van der Waals surface area contributed by atoms with E-state index in [2.05, 4.69) is 21.2 Å². The molecule has 0 saturated heterocycles. The zero-order valence-electron chi connectivity index (χ0n) is 10.6. The maximum absolute atomic E-state index is 13.2. The predicted molar refractivity (Wildman–Crippen MR) is 74.9 cm³/mol. The van der Waals surface area contributed by atoms with E-state index in [1.165, 1.54) is 6.07 Å². The van der Waals surface area contributed by atoms with E-state index in [9.17, 15) is 9.18 Å². The van der Waals surface area contributed by atoms with Gasteiger partial charge < -0.3 is 11.1 Å². The summed E-state index contributed by atoms with van der Waals surface area (Å²) in [6, 6.07) is 2.97. The van der Waals surface area contributed by atoms with E-state index in [-0.39, 0.29) is 11.7 Å². The van der Waals surface area contributed by atoms with Crippen molar-refractivity contribution >= 4 is 27.5 Å². The number of amides is 1. The summed E-state index contributed by atoms with van der Waals surface area (Å²) in [6.07, 6.45) is 1.18. The molecule has 0 spiro atoms. The maximum Gasteiger partial charge on any atom is 0.224 e. The van der Waals surface area contributed by atoms with Crippen LogP contribution in [0.2, 0.25) is 0 Å². The van der Waals surface area contributed by atoms with Crippen molar-refractivity contribution in [3.05, 3.63) is 28.0 Å². The Morgan fingerprint density at radius 1 is 1.56 bits per heavy atom. The van der Waals surface area contributed by atoms with Crippen LogP contribution in [0.5, 0.6) is 0 Å². The molecule has 0 fully saturated rings. The average Bonchev–Trinajstić information content (AvgIpc) is 2.33. The van der Waals surface area contributed by atoms with Crippen molar-refractivity contribution in [1.29, 1.82) is 0 Å². The van der Waals surface area contributed by atoms with Gasteiger partial charge in [-0.25, -0.2) is 4.39 Å². The number of nitrogens with two attached hydrogens (primary N) is 1. The van der Waals surface area contributed by atoms with E-state index in [0.29, 0.717) is 34.6 Å². The van der Waals surface area contributed by atoms with Gasteiger partial charge >= 0.3 is 0 Å². The number of aryl methyl sites for hydroxylation is 1. The van der Waals surface area contributed by atoms with E-state index in [4.69, 9.17) is 5.73 Å². The molecule has 0 heterocycles. The molecular weight excluding hydrogens is 299 g/mol. The van der Waals surface area contributed by atoms with Crippen LogP contribution >= 0.6 is 15.9 Å². The zero-order valence-corrected chi connectivity index (χ0v) is 12.2. The Balaban J connectivity index is 2.62. The van der Waals surface area contributed by atoms with Crippen LogP contribution in [0.1, 0.15) is 25.3 Å². The SMILES string of the molecule is Cc1cc(F)c(Br)cc1NC(=O)CCC(C)CN. The highest BCUT2D eigenvalue weighted by Crippen LogP contribution is 2.24. The summed E-state index contributed by atoms with van der Waals surface area (Å²) in [5, 5.41) is 2.78. The zero-order chi connectivity index (χ0) is 13.7. The normalized spacial score (nSPS) is 12.3. The van der Waals surface area contributed by atoms with Gasteiger partial charge in [0.1, 0.15) is 5.82 Å². The first-order valence-corrected chi connectivity index (χ1v) is 6.69. The van der Waals surface area contributed by atoms with Crippen molar-refractivity contribution in [2.75, 3.05) is 11.9 Å². The summed E-state index contributed by atoms with van der Waals surface area (Å²) in [6.45, 7) is 4.34.